The Balaban J connectivity index is 1.45. The summed E-state index contributed by atoms with van der Waals surface area (Å²) in [5.74, 6) is -2.60. The van der Waals surface area contributed by atoms with Crippen LogP contribution in [0.25, 0.3) is 11.3 Å². The Bertz CT molecular complexity index is 1160. The average molecular weight is 465 g/mol. The molecule has 176 valence electrons. The SMILES string of the molecule is CC1CCN1c1ncc(C(=O)Nc2c(-c3ccccn3)ccnc2C2CCC(F)(F)CC2)cn1. The maximum Gasteiger partial charge on any atom is 0.258 e. The minimum Gasteiger partial charge on any atom is -0.338 e. The number of aromatic nitrogens is 4. The summed E-state index contributed by atoms with van der Waals surface area (Å²) in [6.45, 7) is 3.01. The van der Waals surface area contributed by atoms with Crippen molar-refractivity contribution >= 4 is 17.5 Å². The fourth-order valence-electron chi connectivity index (χ4n) is 4.55. The first kappa shape index (κ1) is 22.3. The molecule has 0 aromatic carbocycles. The number of hydrogen-bond donors (Lipinski definition) is 1. The van der Waals surface area contributed by atoms with E-state index < -0.39 is 5.92 Å². The van der Waals surface area contributed by atoms with Gasteiger partial charge in [-0.05, 0) is 44.4 Å². The molecule has 0 spiro atoms. The molecule has 5 rings (SSSR count). The lowest BCUT2D eigenvalue weighted by Crippen LogP contribution is -2.46. The molecule has 7 nitrogen and oxygen atoms in total. The average Bonchev–Trinajstić information content (AvgIpc) is 2.84. The van der Waals surface area contributed by atoms with Gasteiger partial charge in [-0.1, -0.05) is 6.07 Å². The van der Waals surface area contributed by atoms with Gasteiger partial charge in [-0.3, -0.25) is 14.8 Å². The van der Waals surface area contributed by atoms with Crippen LogP contribution in [0.5, 0.6) is 0 Å². The molecule has 1 aliphatic carbocycles. The van der Waals surface area contributed by atoms with Crippen molar-refractivity contribution in [3.8, 4) is 11.3 Å². The quantitative estimate of drug-likeness (QED) is 0.567. The van der Waals surface area contributed by atoms with E-state index in [1.165, 1.54) is 12.4 Å². The Morgan fingerprint density at radius 3 is 2.41 bits per heavy atom. The number of halogens is 2. The molecule has 1 atom stereocenters. The molecule has 0 bridgehead atoms. The van der Waals surface area contributed by atoms with Crippen molar-refractivity contribution in [3.05, 3.63) is 60.3 Å². The van der Waals surface area contributed by atoms with Crippen LogP contribution in [0.2, 0.25) is 0 Å². The van der Waals surface area contributed by atoms with Crippen LogP contribution in [0.4, 0.5) is 20.4 Å². The molecule has 3 aromatic rings. The smallest absolute Gasteiger partial charge is 0.258 e. The van der Waals surface area contributed by atoms with Crippen LogP contribution >= 0.6 is 0 Å². The van der Waals surface area contributed by atoms with Crippen LogP contribution in [0.3, 0.4) is 0 Å². The number of alkyl halides is 2. The molecule has 4 heterocycles. The van der Waals surface area contributed by atoms with Gasteiger partial charge in [0.1, 0.15) is 0 Å². The lowest BCUT2D eigenvalue weighted by molar-refractivity contribution is -0.0384. The molecule has 2 aliphatic rings. The lowest BCUT2D eigenvalue weighted by Gasteiger charge is -2.38. The summed E-state index contributed by atoms with van der Waals surface area (Å²) in [5, 5.41) is 2.97. The minimum atomic E-state index is -2.65. The Hall–Kier alpha value is -3.49. The maximum atomic E-state index is 13.8. The van der Waals surface area contributed by atoms with E-state index in [0.29, 0.717) is 53.0 Å². The number of nitrogens with one attached hydrogen (secondary N) is 1. The highest BCUT2D eigenvalue weighted by molar-refractivity contribution is 6.06. The van der Waals surface area contributed by atoms with Gasteiger partial charge in [-0.25, -0.2) is 18.7 Å². The Morgan fingerprint density at radius 1 is 1.03 bits per heavy atom. The van der Waals surface area contributed by atoms with Crippen molar-refractivity contribution in [2.75, 3.05) is 16.8 Å². The molecule has 2 fully saturated rings. The van der Waals surface area contributed by atoms with Crippen LogP contribution in [0.15, 0.2) is 49.1 Å². The van der Waals surface area contributed by atoms with Crippen LogP contribution in [0.1, 0.15) is 61.0 Å². The first-order chi connectivity index (χ1) is 16.4. The fourth-order valence-corrected chi connectivity index (χ4v) is 4.55. The first-order valence-corrected chi connectivity index (χ1v) is 11.6. The summed E-state index contributed by atoms with van der Waals surface area (Å²) in [5.41, 5.74) is 2.79. The van der Waals surface area contributed by atoms with Gasteiger partial charge in [0.2, 0.25) is 11.9 Å². The van der Waals surface area contributed by atoms with Gasteiger partial charge in [-0.2, -0.15) is 0 Å². The topological polar surface area (TPSA) is 83.9 Å². The van der Waals surface area contributed by atoms with E-state index in [1.54, 1.807) is 18.5 Å². The van der Waals surface area contributed by atoms with E-state index in [0.717, 1.165) is 13.0 Å². The van der Waals surface area contributed by atoms with Gasteiger partial charge in [-0.15, -0.1) is 0 Å². The highest BCUT2D eigenvalue weighted by Crippen LogP contribution is 2.44. The van der Waals surface area contributed by atoms with Gasteiger partial charge >= 0.3 is 0 Å². The molecule has 1 aliphatic heterocycles. The van der Waals surface area contributed by atoms with E-state index in [1.807, 2.05) is 18.2 Å². The Labute approximate surface area is 196 Å². The van der Waals surface area contributed by atoms with Gasteiger partial charge in [0, 0.05) is 61.7 Å². The second kappa shape index (κ2) is 9.04. The van der Waals surface area contributed by atoms with Crippen LogP contribution in [-0.2, 0) is 0 Å². The van der Waals surface area contributed by atoms with E-state index in [9.17, 15) is 13.6 Å². The van der Waals surface area contributed by atoms with Crippen molar-refractivity contribution in [2.45, 2.75) is 56.9 Å². The molecule has 0 radical (unpaired) electrons. The zero-order valence-corrected chi connectivity index (χ0v) is 18.9. The van der Waals surface area contributed by atoms with Gasteiger partial charge in [0.25, 0.3) is 5.91 Å². The number of carbonyl (C=O) groups excluding carboxylic acids is 1. The molecule has 1 saturated heterocycles. The van der Waals surface area contributed by atoms with E-state index in [-0.39, 0.29) is 24.7 Å². The van der Waals surface area contributed by atoms with Crippen molar-refractivity contribution in [3.63, 3.8) is 0 Å². The Kier molecular flexibility index (Phi) is 5.93. The maximum absolute atomic E-state index is 13.8. The van der Waals surface area contributed by atoms with Crippen molar-refractivity contribution in [1.82, 2.24) is 19.9 Å². The number of rotatable bonds is 5. The van der Waals surface area contributed by atoms with Crippen LogP contribution < -0.4 is 10.2 Å². The molecule has 9 heteroatoms. The number of amides is 1. The third-order valence-electron chi connectivity index (χ3n) is 6.74. The predicted octanol–water partition coefficient (Wildman–Crippen LogP) is 5.08. The molecule has 1 N–H and O–H groups in total. The number of nitrogens with zero attached hydrogens (tertiary/aromatic N) is 5. The molecule has 3 aromatic heterocycles. The molecule has 1 saturated carbocycles. The summed E-state index contributed by atoms with van der Waals surface area (Å²) in [4.78, 5) is 33.0. The number of anilines is 2. The zero-order valence-electron chi connectivity index (χ0n) is 18.9. The minimum absolute atomic E-state index is 0.176. The third kappa shape index (κ3) is 4.47. The highest BCUT2D eigenvalue weighted by Gasteiger charge is 2.37. The number of pyridine rings is 2. The summed E-state index contributed by atoms with van der Waals surface area (Å²) >= 11 is 0. The van der Waals surface area contributed by atoms with E-state index in [4.69, 9.17) is 0 Å². The monoisotopic (exact) mass is 464 g/mol. The van der Waals surface area contributed by atoms with Crippen LogP contribution in [0, 0.1) is 0 Å². The highest BCUT2D eigenvalue weighted by atomic mass is 19.3. The molecule has 34 heavy (non-hydrogen) atoms. The normalized spacial score (nSPS) is 20.0. The van der Waals surface area contributed by atoms with Crippen molar-refractivity contribution in [1.29, 1.82) is 0 Å². The van der Waals surface area contributed by atoms with Gasteiger partial charge in [0.05, 0.1) is 22.6 Å². The second-order valence-electron chi connectivity index (χ2n) is 9.02. The number of hydrogen-bond acceptors (Lipinski definition) is 6. The second-order valence-corrected chi connectivity index (χ2v) is 9.02. The zero-order chi connectivity index (χ0) is 23.7. The number of carbonyl (C=O) groups is 1. The molecule has 1 unspecified atom stereocenters. The molecular formula is C25H26F2N6O. The van der Waals surface area contributed by atoms with Gasteiger partial charge in [0.15, 0.2) is 0 Å². The summed E-state index contributed by atoms with van der Waals surface area (Å²) in [7, 11) is 0. The van der Waals surface area contributed by atoms with E-state index in [2.05, 4.69) is 37.1 Å². The van der Waals surface area contributed by atoms with Crippen molar-refractivity contribution < 1.29 is 13.6 Å². The van der Waals surface area contributed by atoms with Crippen LogP contribution in [-0.4, -0.2) is 44.4 Å². The summed E-state index contributed by atoms with van der Waals surface area (Å²) < 4.78 is 27.6. The molecule has 1 amide bonds. The lowest BCUT2D eigenvalue weighted by atomic mass is 9.83. The predicted molar refractivity (Wildman–Crippen MR) is 125 cm³/mol. The van der Waals surface area contributed by atoms with E-state index >= 15 is 0 Å². The summed E-state index contributed by atoms with van der Waals surface area (Å²) in [6.07, 6.45) is 7.68. The summed E-state index contributed by atoms with van der Waals surface area (Å²) in [6, 6.07) is 7.69. The standard InChI is InChI=1S/C25H26F2N6O/c1-16-8-13-33(16)24-30-14-18(15-31-24)23(34)32-22-19(20-4-2-3-11-28-20)7-12-29-21(22)17-5-9-25(26,27)10-6-17/h2-4,7,11-12,14-17H,5-6,8-10,13H2,1H3,(H,32,34). The van der Waals surface area contributed by atoms with Gasteiger partial charge < -0.3 is 10.2 Å². The largest absolute Gasteiger partial charge is 0.338 e. The fraction of sp³-hybridized carbons (Fsp3) is 0.400. The van der Waals surface area contributed by atoms with Crippen molar-refractivity contribution in [2.24, 2.45) is 0 Å². The molecular weight excluding hydrogens is 438 g/mol. The Morgan fingerprint density at radius 2 is 1.79 bits per heavy atom. The third-order valence-corrected chi connectivity index (χ3v) is 6.74. The first-order valence-electron chi connectivity index (χ1n) is 11.6.